The van der Waals surface area contributed by atoms with E-state index in [1.165, 1.54) is 19.2 Å². The predicted molar refractivity (Wildman–Crippen MR) is 78.4 cm³/mol. The standard InChI is InChI=1S/C15H23FN2O2/c1-4-9-17-14(15(19)20-3)11-18(5-2)13-8-6-7-12(16)10-13/h6-8,10,14,17H,4-5,9,11H2,1-3H3. The number of hydrogen-bond acceptors (Lipinski definition) is 4. The van der Waals surface area contributed by atoms with Gasteiger partial charge >= 0.3 is 5.97 Å². The van der Waals surface area contributed by atoms with Crippen molar-refractivity contribution in [3.63, 3.8) is 0 Å². The van der Waals surface area contributed by atoms with E-state index < -0.39 is 6.04 Å². The summed E-state index contributed by atoms with van der Waals surface area (Å²) in [5, 5.41) is 3.16. The molecule has 0 saturated carbocycles. The lowest BCUT2D eigenvalue weighted by molar-refractivity contribution is -0.142. The van der Waals surface area contributed by atoms with E-state index >= 15 is 0 Å². The number of likely N-dealkylation sites (N-methyl/N-ethyl adjacent to an activating group) is 1. The van der Waals surface area contributed by atoms with Gasteiger partial charge in [0.25, 0.3) is 0 Å². The summed E-state index contributed by atoms with van der Waals surface area (Å²) in [7, 11) is 1.38. The number of nitrogens with one attached hydrogen (secondary N) is 1. The second-order valence-corrected chi connectivity index (χ2v) is 4.55. The Morgan fingerprint density at radius 1 is 1.45 bits per heavy atom. The number of methoxy groups -OCH3 is 1. The Morgan fingerprint density at radius 3 is 2.75 bits per heavy atom. The zero-order chi connectivity index (χ0) is 15.0. The zero-order valence-electron chi connectivity index (χ0n) is 12.4. The number of anilines is 1. The van der Waals surface area contributed by atoms with E-state index in [1.54, 1.807) is 6.07 Å². The van der Waals surface area contributed by atoms with Crippen molar-refractivity contribution in [3.8, 4) is 0 Å². The Morgan fingerprint density at radius 2 is 2.20 bits per heavy atom. The van der Waals surface area contributed by atoms with Crippen LogP contribution in [0.25, 0.3) is 0 Å². The molecule has 0 aromatic heterocycles. The molecule has 0 radical (unpaired) electrons. The number of ether oxygens (including phenoxy) is 1. The summed E-state index contributed by atoms with van der Waals surface area (Å²) in [4.78, 5) is 13.7. The number of nitrogens with zero attached hydrogens (tertiary/aromatic N) is 1. The fourth-order valence-electron chi connectivity index (χ4n) is 1.99. The molecule has 1 aromatic rings. The van der Waals surface area contributed by atoms with Gasteiger partial charge in [0, 0.05) is 18.8 Å². The number of halogens is 1. The van der Waals surface area contributed by atoms with Gasteiger partial charge in [-0.1, -0.05) is 13.0 Å². The van der Waals surface area contributed by atoms with E-state index in [2.05, 4.69) is 5.32 Å². The van der Waals surface area contributed by atoms with Crippen LogP contribution in [0, 0.1) is 5.82 Å². The quantitative estimate of drug-likeness (QED) is 0.742. The third-order valence-corrected chi connectivity index (χ3v) is 3.08. The number of benzene rings is 1. The third-order valence-electron chi connectivity index (χ3n) is 3.08. The molecule has 0 bridgehead atoms. The largest absolute Gasteiger partial charge is 0.468 e. The van der Waals surface area contributed by atoms with E-state index in [0.717, 1.165) is 18.7 Å². The topological polar surface area (TPSA) is 41.6 Å². The molecule has 4 nitrogen and oxygen atoms in total. The normalized spacial score (nSPS) is 12.0. The third kappa shape index (κ3) is 4.81. The van der Waals surface area contributed by atoms with Crippen LogP contribution < -0.4 is 10.2 Å². The van der Waals surface area contributed by atoms with E-state index in [-0.39, 0.29) is 11.8 Å². The minimum absolute atomic E-state index is 0.280. The Bertz CT molecular complexity index is 426. The summed E-state index contributed by atoms with van der Waals surface area (Å²) in [5.41, 5.74) is 0.764. The van der Waals surface area contributed by atoms with E-state index in [1.807, 2.05) is 24.8 Å². The van der Waals surface area contributed by atoms with Crippen LogP contribution >= 0.6 is 0 Å². The molecule has 0 aliphatic rings. The zero-order valence-corrected chi connectivity index (χ0v) is 12.4. The molecule has 1 rings (SSSR count). The molecule has 112 valence electrons. The first-order valence-corrected chi connectivity index (χ1v) is 6.94. The molecule has 5 heteroatoms. The van der Waals surface area contributed by atoms with Crippen molar-refractivity contribution in [2.75, 3.05) is 31.6 Å². The summed E-state index contributed by atoms with van der Waals surface area (Å²) >= 11 is 0. The smallest absolute Gasteiger partial charge is 0.324 e. The summed E-state index contributed by atoms with van der Waals surface area (Å²) in [5.74, 6) is -0.578. The van der Waals surface area contributed by atoms with Crippen LogP contribution in [0.5, 0.6) is 0 Å². The molecular weight excluding hydrogens is 259 g/mol. The van der Waals surface area contributed by atoms with Gasteiger partial charge in [0.05, 0.1) is 7.11 Å². The maximum atomic E-state index is 13.3. The molecule has 0 fully saturated rings. The highest BCUT2D eigenvalue weighted by Gasteiger charge is 2.21. The Kier molecular flexibility index (Phi) is 7.01. The molecule has 0 spiro atoms. The number of rotatable bonds is 8. The van der Waals surface area contributed by atoms with Crippen LogP contribution in [0.15, 0.2) is 24.3 Å². The van der Waals surface area contributed by atoms with Gasteiger partial charge in [0.1, 0.15) is 11.9 Å². The van der Waals surface area contributed by atoms with Crippen LogP contribution in [-0.4, -0.2) is 38.8 Å². The second kappa shape index (κ2) is 8.53. The molecular formula is C15H23FN2O2. The fraction of sp³-hybridized carbons (Fsp3) is 0.533. The van der Waals surface area contributed by atoms with Crippen molar-refractivity contribution in [2.24, 2.45) is 0 Å². The maximum Gasteiger partial charge on any atom is 0.324 e. The van der Waals surface area contributed by atoms with Crippen molar-refractivity contribution in [1.82, 2.24) is 5.32 Å². The van der Waals surface area contributed by atoms with Crippen molar-refractivity contribution >= 4 is 11.7 Å². The molecule has 0 aliphatic carbocycles. The number of carbonyl (C=O) groups is 1. The molecule has 0 saturated heterocycles. The first-order chi connectivity index (χ1) is 9.62. The first-order valence-electron chi connectivity index (χ1n) is 6.94. The molecule has 0 amide bonds. The Labute approximate surface area is 119 Å². The van der Waals surface area contributed by atoms with Gasteiger partial charge in [0.2, 0.25) is 0 Å². The first kappa shape index (κ1) is 16.4. The molecule has 1 atom stereocenters. The van der Waals surface area contributed by atoms with Crippen LogP contribution in [0.3, 0.4) is 0 Å². The van der Waals surface area contributed by atoms with Crippen LogP contribution in [-0.2, 0) is 9.53 Å². The average Bonchev–Trinajstić information content (AvgIpc) is 2.46. The minimum atomic E-state index is -0.414. The SMILES string of the molecule is CCCNC(CN(CC)c1cccc(F)c1)C(=O)OC. The van der Waals surface area contributed by atoms with E-state index in [4.69, 9.17) is 4.74 Å². The van der Waals surface area contributed by atoms with Crippen molar-refractivity contribution < 1.29 is 13.9 Å². The van der Waals surface area contributed by atoms with Gasteiger partial charge in [0.15, 0.2) is 0 Å². The minimum Gasteiger partial charge on any atom is -0.468 e. The van der Waals surface area contributed by atoms with E-state index in [9.17, 15) is 9.18 Å². The molecule has 0 heterocycles. The maximum absolute atomic E-state index is 13.3. The lowest BCUT2D eigenvalue weighted by Crippen LogP contribution is -2.47. The summed E-state index contributed by atoms with van der Waals surface area (Å²) in [6.07, 6.45) is 0.930. The lowest BCUT2D eigenvalue weighted by atomic mass is 10.2. The van der Waals surface area contributed by atoms with Gasteiger partial charge in [-0.15, -0.1) is 0 Å². The van der Waals surface area contributed by atoms with Crippen molar-refractivity contribution in [1.29, 1.82) is 0 Å². The summed E-state index contributed by atoms with van der Waals surface area (Å²) < 4.78 is 18.1. The molecule has 0 aliphatic heterocycles. The highest BCUT2D eigenvalue weighted by molar-refractivity contribution is 5.76. The van der Waals surface area contributed by atoms with Crippen LogP contribution in [0.4, 0.5) is 10.1 Å². The highest BCUT2D eigenvalue weighted by atomic mass is 19.1. The van der Waals surface area contributed by atoms with Gasteiger partial charge in [-0.2, -0.15) is 0 Å². The average molecular weight is 282 g/mol. The highest BCUT2D eigenvalue weighted by Crippen LogP contribution is 2.15. The van der Waals surface area contributed by atoms with Gasteiger partial charge in [-0.25, -0.2) is 4.39 Å². The lowest BCUT2D eigenvalue weighted by Gasteiger charge is -2.27. The van der Waals surface area contributed by atoms with Crippen LogP contribution in [0.2, 0.25) is 0 Å². The molecule has 1 unspecified atom stereocenters. The number of esters is 1. The van der Waals surface area contributed by atoms with Crippen LogP contribution in [0.1, 0.15) is 20.3 Å². The number of carbonyl (C=O) groups excluding carboxylic acids is 1. The molecule has 20 heavy (non-hydrogen) atoms. The fourth-order valence-corrected chi connectivity index (χ4v) is 1.99. The second-order valence-electron chi connectivity index (χ2n) is 4.55. The monoisotopic (exact) mass is 282 g/mol. The van der Waals surface area contributed by atoms with Gasteiger partial charge < -0.3 is 15.0 Å². The number of hydrogen-bond donors (Lipinski definition) is 1. The summed E-state index contributed by atoms with van der Waals surface area (Å²) in [6, 6.07) is 5.96. The van der Waals surface area contributed by atoms with Gasteiger partial charge in [-0.05, 0) is 38.1 Å². The van der Waals surface area contributed by atoms with Crippen molar-refractivity contribution in [2.45, 2.75) is 26.3 Å². The predicted octanol–water partition coefficient (Wildman–Crippen LogP) is 2.19. The molecule has 1 aromatic carbocycles. The molecule has 1 N–H and O–H groups in total. The van der Waals surface area contributed by atoms with Gasteiger partial charge in [-0.3, -0.25) is 4.79 Å². The summed E-state index contributed by atoms with van der Waals surface area (Å²) in [6.45, 7) is 5.88. The van der Waals surface area contributed by atoms with E-state index in [0.29, 0.717) is 13.1 Å². The Hall–Kier alpha value is -1.62. The van der Waals surface area contributed by atoms with Crippen molar-refractivity contribution in [3.05, 3.63) is 30.1 Å². The Balaban J connectivity index is 2.79.